The molecule has 0 rings (SSSR count). The summed E-state index contributed by atoms with van der Waals surface area (Å²) in [6.07, 6.45) is 9.77. The molecule has 0 aliphatic rings. The maximum atomic E-state index is 10.6. The van der Waals surface area contributed by atoms with Gasteiger partial charge >= 0.3 is 11.9 Å². The molecule has 4 nitrogen and oxygen atoms in total. The molecule has 0 bridgehead atoms. The Bertz CT molecular complexity index is 214. The first-order chi connectivity index (χ1) is 9.08. The van der Waals surface area contributed by atoms with E-state index >= 15 is 0 Å². The Morgan fingerprint density at radius 1 is 0.842 bits per heavy atom. The summed E-state index contributed by atoms with van der Waals surface area (Å²) in [4.78, 5) is 20.5. The summed E-state index contributed by atoms with van der Waals surface area (Å²) in [5, 5.41) is 8.14. The summed E-state index contributed by atoms with van der Waals surface area (Å²) in [6.45, 7) is 4.24. The molecule has 1 N–H and O–H groups in total. The lowest BCUT2D eigenvalue weighted by Gasteiger charge is -1.98. The van der Waals surface area contributed by atoms with Crippen molar-refractivity contribution in [3.8, 4) is 0 Å². The van der Waals surface area contributed by atoms with E-state index in [1.807, 2.05) is 0 Å². The second kappa shape index (κ2) is 16.9. The van der Waals surface area contributed by atoms with Gasteiger partial charge in [0.15, 0.2) is 0 Å². The summed E-state index contributed by atoms with van der Waals surface area (Å²) in [6, 6.07) is 0. The van der Waals surface area contributed by atoms with Crippen LogP contribution in [0.5, 0.6) is 0 Å². The number of rotatable bonds is 10. The van der Waals surface area contributed by atoms with Gasteiger partial charge in [-0.05, 0) is 12.8 Å². The number of aliphatic carboxylic acids is 1. The summed E-state index contributed by atoms with van der Waals surface area (Å²) >= 11 is 0. The molecule has 0 aromatic heterocycles. The molecule has 0 saturated heterocycles. The molecular formula is C15H30O4. The smallest absolute Gasteiger partial charge is 0.305 e. The van der Waals surface area contributed by atoms with Crippen LogP contribution in [0.2, 0.25) is 0 Å². The van der Waals surface area contributed by atoms with Crippen molar-refractivity contribution >= 4 is 11.9 Å². The third-order valence-electron chi connectivity index (χ3n) is 2.71. The van der Waals surface area contributed by atoms with Crippen molar-refractivity contribution in [2.45, 2.75) is 78.1 Å². The van der Waals surface area contributed by atoms with Crippen LogP contribution in [0.25, 0.3) is 0 Å². The van der Waals surface area contributed by atoms with Gasteiger partial charge in [-0.3, -0.25) is 9.59 Å². The van der Waals surface area contributed by atoms with Gasteiger partial charge < -0.3 is 9.84 Å². The first-order valence-electron chi connectivity index (χ1n) is 7.37. The first kappa shape index (κ1) is 20.3. The summed E-state index contributed by atoms with van der Waals surface area (Å²) in [5.41, 5.74) is 0. The summed E-state index contributed by atoms with van der Waals surface area (Å²) in [7, 11) is 1.44. The molecule has 0 fully saturated rings. The molecule has 0 unspecified atom stereocenters. The van der Waals surface area contributed by atoms with Gasteiger partial charge in [-0.2, -0.15) is 0 Å². The number of esters is 1. The van der Waals surface area contributed by atoms with Crippen molar-refractivity contribution < 1.29 is 19.4 Å². The average Bonchev–Trinajstić information content (AvgIpc) is 2.39. The second-order valence-corrected chi connectivity index (χ2v) is 4.59. The number of carboxylic acids is 1. The lowest BCUT2D eigenvalue weighted by atomic mass is 10.1. The van der Waals surface area contributed by atoms with E-state index < -0.39 is 5.97 Å². The Balaban J connectivity index is 0. The molecule has 114 valence electrons. The van der Waals surface area contributed by atoms with Crippen LogP contribution in [0, 0.1) is 0 Å². The SMILES string of the molecule is CCCCCC(=O)O.CCCCCCCC(=O)OC. The monoisotopic (exact) mass is 274 g/mol. The highest BCUT2D eigenvalue weighted by atomic mass is 16.5. The summed E-state index contributed by atoms with van der Waals surface area (Å²) in [5.74, 6) is -0.764. The van der Waals surface area contributed by atoms with E-state index in [0.29, 0.717) is 12.8 Å². The fraction of sp³-hybridized carbons (Fsp3) is 0.867. The topological polar surface area (TPSA) is 63.6 Å². The lowest BCUT2D eigenvalue weighted by molar-refractivity contribution is -0.141. The van der Waals surface area contributed by atoms with Crippen LogP contribution in [0.1, 0.15) is 78.1 Å². The van der Waals surface area contributed by atoms with E-state index in [1.165, 1.54) is 26.4 Å². The summed E-state index contributed by atoms with van der Waals surface area (Å²) < 4.78 is 4.52. The van der Waals surface area contributed by atoms with Gasteiger partial charge in [-0.15, -0.1) is 0 Å². The van der Waals surface area contributed by atoms with Crippen molar-refractivity contribution in [3.05, 3.63) is 0 Å². The highest BCUT2D eigenvalue weighted by Crippen LogP contribution is 2.05. The minimum absolute atomic E-state index is 0.0819. The fourth-order valence-electron chi connectivity index (χ4n) is 1.50. The molecule has 0 atom stereocenters. The number of unbranched alkanes of at least 4 members (excludes halogenated alkanes) is 6. The van der Waals surface area contributed by atoms with Gasteiger partial charge in [-0.1, -0.05) is 52.4 Å². The number of carboxylic acid groups (broad SMARTS) is 1. The van der Waals surface area contributed by atoms with Crippen LogP contribution in [0.15, 0.2) is 0 Å². The molecule has 0 heterocycles. The van der Waals surface area contributed by atoms with Crippen LogP contribution >= 0.6 is 0 Å². The number of hydrogen-bond donors (Lipinski definition) is 1. The molecule has 19 heavy (non-hydrogen) atoms. The zero-order valence-electron chi connectivity index (χ0n) is 12.7. The molecule has 0 saturated carbocycles. The van der Waals surface area contributed by atoms with Crippen molar-refractivity contribution in [3.63, 3.8) is 0 Å². The molecule has 0 aromatic rings. The van der Waals surface area contributed by atoms with Crippen molar-refractivity contribution in [1.82, 2.24) is 0 Å². The molecule has 0 radical (unpaired) electrons. The number of carbonyl (C=O) groups excluding carboxylic acids is 1. The fourth-order valence-corrected chi connectivity index (χ4v) is 1.50. The van der Waals surface area contributed by atoms with Gasteiger partial charge in [0.1, 0.15) is 0 Å². The highest BCUT2D eigenvalue weighted by molar-refractivity contribution is 5.68. The third kappa shape index (κ3) is 22.6. The standard InChI is InChI=1S/C9H18O2.C6H12O2/c1-3-4-5-6-7-8-9(10)11-2;1-2-3-4-5-6(7)8/h3-8H2,1-2H3;2-5H2,1H3,(H,7,8). The molecule has 0 aliphatic heterocycles. The first-order valence-corrected chi connectivity index (χ1v) is 7.37. The maximum absolute atomic E-state index is 10.6. The van der Waals surface area contributed by atoms with Crippen molar-refractivity contribution in [2.24, 2.45) is 0 Å². The number of hydrogen-bond acceptors (Lipinski definition) is 3. The molecule has 0 spiro atoms. The van der Waals surface area contributed by atoms with E-state index in [-0.39, 0.29) is 5.97 Å². The number of carbonyl (C=O) groups is 2. The Labute approximate surface area is 117 Å². The van der Waals surface area contributed by atoms with Crippen molar-refractivity contribution in [1.29, 1.82) is 0 Å². The Morgan fingerprint density at radius 3 is 1.79 bits per heavy atom. The molecule has 0 aromatic carbocycles. The minimum Gasteiger partial charge on any atom is -0.481 e. The predicted molar refractivity (Wildman–Crippen MR) is 77.2 cm³/mol. The minimum atomic E-state index is -0.682. The lowest BCUT2D eigenvalue weighted by Crippen LogP contribution is -1.98. The molecular weight excluding hydrogens is 244 g/mol. The Hall–Kier alpha value is -1.06. The van der Waals surface area contributed by atoms with Crippen LogP contribution < -0.4 is 0 Å². The van der Waals surface area contributed by atoms with Crippen LogP contribution in [-0.2, 0) is 14.3 Å². The second-order valence-electron chi connectivity index (χ2n) is 4.59. The molecule has 0 amide bonds. The van der Waals surface area contributed by atoms with Crippen LogP contribution in [0.4, 0.5) is 0 Å². The Kier molecular flexibility index (Phi) is 18.1. The molecule has 0 aliphatic carbocycles. The quantitative estimate of drug-likeness (QED) is 0.479. The Morgan fingerprint density at radius 2 is 1.32 bits per heavy atom. The zero-order valence-corrected chi connectivity index (χ0v) is 12.7. The number of ether oxygens (including phenoxy) is 1. The predicted octanol–water partition coefficient (Wildman–Crippen LogP) is 4.17. The normalized spacial score (nSPS) is 9.42. The van der Waals surface area contributed by atoms with E-state index in [9.17, 15) is 9.59 Å². The zero-order chi connectivity index (χ0) is 14.9. The maximum Gasteiger partial charge on any atom is 0.305 e. The van der Waals surface area contributed by atoms with E-state index in [2.05, 4.69) is 18.6 Å². The van der Waals surface area contributed by atoms with Crippen LogP contribution in [-0.4, -0.2) is 24.2 Å². The van der Waals surface area contributed by atoms with E-state index in [0.717, 1.165) is 32.1 Å². The van der Waals surface area contributed by atoms with Gasteiger partial charge in [0.05, 0.1) is 7.11 Å². The third-order valence-corrected chi connectivity index (χ3v) is 2.71. The van der Waals surface area contributed by atoms with Crippen molar-refractivity contribution in [2.75, 3.05) is 7.11 Å². The highest BCUT2D eigenvalue weighted by Gasteiger charge is 1.97. The van der Waals surface area contributed by atoms with Crippen LogP contribution in [0.3, 0.4) is 0 Å². The molecule has 4 heteroatoms. The van der Waals surface area contributed by atoms with Gasteiger partial charge in [-0.25, -0.2) is 0 Å². The van der Waals surface area contributed by atoms with E-state index in [1.54, 1.807) is 0 Å². The van der Waals surface area contributed by atoms with E-state index in [4.69, 9.17) is 5.11 Å². The van der Waals surface area contributed by atoms with Gasteiger partial charge in [0.2, 0.25) is 0 Å². The van der Waals surface area contributed by atoms with Gasteiger partial charge in [0, 0.05) is 12.8 Å². The van der Waals surface area contributed by atoms with Gasteiger partial charge in [0.25, 0.3) is 0 Å². The number of methoxy groups -OCH3 is 1. The largest absolute Gasteiger partial charge is 0.481 e. The average molecular weight is 274 g/mol.